The topological polar surface area (TPSA) is 75.7 Å². The average Bonchev–Trinajstić information content (AvgIpc) is 2.65. The van der Waals surface area contributed by atoms with Crippen LogP contribution in [0.15, 0.2) is 55.1 Å². The van der Waals surface area contributed by atoms with Gasteiger partial charge in [0, 0.05) is 29.7 Å². The third-order valence-corrected chi connectivity index (χ3v) is 5.51. The van der Waals surface area contributed by atoms with Crippen LogP contribution in [0.1, 0.15) is 18.4 Å². The Bertz CT molecular complexity index is 976. The molecule has 0 heterocycles. The first-order valence-electron chi connectivity index (χ1n) is 9.08. The molecule has 0 atom stereocenters. The van der Waals surface area contributed by atoms with Gasteiger partial charge in [-0.15, -0.1) is 0 Å². The standard InChI is InChI=1S/C21H25ClN2O4S/c1-4-13-28-19-8-5-7-18(15-19)23-21(25)9-6-12-24(29(3,26)27)20-14-17(22)11-10-16(20)2/h4-5,7-8,10-11,14-15H,1,6,9,12-13H2,2-3H3,(H,23,25). The van der Waals surface area contributed by atoms with Gasteiger partial charge in [-0.25, -0.2) is 8.42 Å². The van der Waals surface area contributed by atoms with Gasteiger partial charge in [0.25, 0.3) is 0 Å². The molecular formula is C21H25ClN2O4S. The molecule has 0 radical (unpaired) electrons. The van der Waals surface area contributed by atoms with E-state index >= 15 is 0 Å². The number of hydrogen-bond acceptors (Lipinski definition) is 4. The first-order chi connectivity index (χ1) is 13.7. The van der Waals surface area contributed by atoms with E-state index in [2.05, 4.69) is 11.9 Å². The highest BCUT2D eigenvalue weighted by Crippen LogP contribution is 2.26. The molecule has 0 unspecified atom stereocenters. The van der Waals surface area contributed by atoms with Gasteiger partial charge in [-0.2, -0.15) is 0 Å². The molecule has 0 aliphatic rings. The summed E-state index contributed by atoms with van der Waals surface area (Å²) in [4.78, 5) is 12.3. The lowest BCUT2D eigenvalue weighted by molar-refractivity contribution is -0.116. The number of aryl methyl sites for hydroxylation is 1. The van der Waals surface area contributed by atoms with E-state index < -0.39 is 10.0 Å². The Morgan fingerprint density at radius 1 is 1.28 bits per heavy atom. The van der Waals surface area contributed by atoms with Crippen molar-refractivity contribution in [1.29, 1.82) is 0 Å². The molecule has 0 aliphatic carbocycles. The maximum absolute atomic E-state index is 12.3. The Labute approximate surface area is 177 Å². The lowest BCUT2D eigenvalue weighted by Gasteiger charge is -2.24. The van der Waals surface area contributed by atoms with Gasteiger partial charge in [0.2, 0.25) is 15.9 Å². The Morgan fingerprint density at radius 3 is 2.72 bits per heavy atom. The summed E-state index contributed by atoms with van der Waals surface area (Å²) in [7, 11) is -3.51. The lowest BCUT2D eigenvalue weighted by atomic mass is 10.2. The number of rotatable bonds is 10. The summed E-state index contributed by atoms with van der Waals surface area (Å²) in [6.07, 6.45) is 3.31. The Hall–Kier alpha value is -2.51. The molecule has 1 N–H and O–H groups in total. The van der Waals surface area contributed by atoms with Crippen molar-refractivity contribution < 1.29 is 17.9 Å². The zero-order chi connectivity index (χ0) is 21.4. The lowest BCUT2D eigenvalue weighted by Crippen LogP contribution is -2.32. The first kappa shape index (κ1) is 22.8. The minimum absolute atomic E-state index is 0.170. The minimum atomic E-state index is -3.51. The second-order valence-corrected chi connectivity index (χ2v) is 8.89. The summed E-state index contributed by atoms with van der Waals surface area (Å²) >= 11 is 6.03. The maximum Gasteiger partial charge on any atom is 0.232 e. The van der Waals surface area contributed by atoms with Crippen LogP contribution >= 0.6 is 11.6 Å². The largest absolute Gasteiger partial charge is 0.489 e. The highest BCUT2D eigenvalue weighted by atomic mass is 35.5. The van der Waals surface area contributed by atoms with Crippen LogP contribution < -0.4 is 14.4 Å². The highest BCUT2D eigenvalue weighted by Gasteiger charge is 2.19. The van der Waals surface area contributed by atoms with E-state index in [9.17, 15) is 13.2 Å². The molecule has 2 aromatic rings. The number of carbonyl (C=O) groups is 1. The van der Waals surface area contributed by atoms with Crippen LogP contribution in [0.25, 0.3) is 0 Å². The van der Waals surface area contributed by atoms with Gasteiger partial charge in [-0.3, -0.25) is 9.10 Å². The van der Waals surface area contributed by atoms with Crippen LogP contribution in [0.5, 0.6) is 5.75 Å². The van der Waals surface area contributed by atoms with E-state index in [0.29, 0.717) is 35.2 Å². The van der Waals surface area contributed by atoms with Crippen molar-refractivity contribution in [3.8, 4) is 5.75 Å². The number of carbonyl (C=O) groups excluding carboxylic acids is 1. The molecule has 0 spiro atoms. The predicted molar refractivity (Wildman–Crippen MR) is 118 cm³/mol. The van der Waals surface area contributed by atoms with E-state index in [4.69, 9.17) is 16.3 Å². The quantitative estimate of drug-likeness (QED) is 0.560. The second kappa shape index (κ2) is 10.3. The number of benzene rings is 2. The predicted octanol–water partition coefficient (Wildman–Crippen LogP) is 4.40. The van der Waals surface area contributed by atoms with E-state index in [-0.39, 0.29) is 18.9 Å². The second-order valence-electron chi connectivity index (χ2n) is 6.55. The number of anilines is 2. The molecule has 0 bridgehead atoms. The number of nitrogens with zero attached hydrogens (tertiary/aromatic N) is 1. The molecule has 2 rings (SSSR count). The number of ether oxygens (including phenoxy) is 1. The van der Waals surface area contributed by atoms with Crippen molar-refractivity contribution in [1.82, 2.24) is 0 Å². The van der Waals surface area contributed by atoms with Crippen molar-refractivity contribution >= 4 is 38.9 Å². The summed E-state index contributed by atoms with van der Waals surface area (Å²) in [5.41, 5.74) is 1.93. The number of halogens is 1. The molecule has 0 fully saturated rings. The van der Waals surface area contributed by atoms with Crippen molar-refractivity contribution in [3.05, 3.63) is 65.7 Å². The molecule has 29 heavy (non-hydrogen) atoms. The fourth-order valence-electron chi connectivity index (χ4n) is 2.74. The van der Waals surface area contributed by atoms with Gasteiger partial charge in [0.1, 0.15) is 12.4 Å². The number of nitrogens with one attached hydrogen (secondary N) is 1. The van der Waals surface area contributed by atoms with Crippen LogP contribution in [0, 0.1) is 6.92 Å². The van der Waals surface area contributed by atoms with Crippen LogP contribution in [0.2, 0.25) is 5.02 Å². The van der Waals surface area contributed by atoms with Gasteiger partial charge >= 0.3 is 0 Å². The SMILES string of the molecule is C=CCOc1cccc(NC(=O)CCCN(c2cc(Cl)ccc2C)S(C)(=O)=O)c1. The van der Waals surface area contributed by atoms with E-state index in [1.807, 2.05) is 6.92 Å². The smallest absolute Gasteiger partial charge is 0.232 e. The maximum atomic E-state index is 12.3. The van der Waals surface area contributed by atoms with Gasteiger partial charge in [-0.1, -0.05) is 36.4 Å². The summed E-state index contributed by atoms with van der Waals surface area (Å²) in [5, 5.41) is 3.25. The zero-order valence-electron chi connectivity index (χ0n) is 16.5. The van der Waals surface area contributed by atoms with E-state index in [1.165, 1.54) is 4.31 Å². The Morgan fingerprint density at radius 2 is 2.03 bits per heavy atom. The Kier molecular flexibility index (Phi) is 8.10. The normalized spacial score (nSPS) is 11.0. The van der Waals surface area contributed by atoms with E-state index in [1.54, 1.807) is 48.5 Å². The zero-order valence-corrected chi connectivity index (χ0v) is 18.1. The fraction of sp³-hybridized carbons (Fsp3) is 0.286. The monoisotopic (exact) mass is 436 g/mol. The first-order valence-corrected chi connectivity index (χ1v) is 11.3. The molecule has 156 valence electrons. The summed E-state index contributed by atoms with van der Waals surface area (Å²) < 4.78 is 31.2. The van der Waals surface area contributed by atoms with Crippen molar-refractivity contribution in [2.45, 2.75) is 19.8 Å². The van der Waals surface area contributed by atoms with Gasteiger partial charge in [0.15, 0.2) is 0 Å². The van der Waals surface area contributed by atoms with Gasteiger partial charge < -0.3 is 10.1 Å². The van der Waals surface area contributed by atoms with Gasteiger partial charge in [0.05, 0.1) is 11.9 Å². The number of hydrogen-bond donors (Lipinski definition) is 1. The third kappa shape index (κ3) is 7.11. The molecule has 8 heteroatoms. The summed E-state index contributed by atoms with van der Waals surface area (Å²) in [5.74, 6) is 0.421. The van der Waals surface area contributed by atoms with Crippen LogP contribution in [-0.4, -0.2) is 33.7 Å². The highest BCUT2D eigenvalue weighted by molar-refractivity contribution is 7.92. The molecular weight excluding hydrogens is 412 g/mol. The van der Waals surface area contributed by atoms with Crippen molar-refractivity contribution in [2.75, 3.05) is 29.0 Å². The van der Waals surface area contributed by atoms with Gasteiger partial charge in [-0.05, 0) is 43.2 Å². The molecule has 0 saturated carbocycles. The number of sulfonamides is 1. The van der Waals surface area contributed by atoms with Crippen LogP contribution in [0.4, 0.5) is 11.4 Å². The molecule has 0 aliphatic heterocycles. The van der Waals surface area contributed by atoms with E-state index in [0.717, 1.165) is 11.8 Å². The van der Waals surface area contributed by atoms with Crippen molar-refractivity contribution in [2.24, 2.45) is 0 Å². The molecule has 2 aromatic carbocycles. The summed E-state index contributed by atoms with van der Waals surface area (Å²) in [6.45, 7) is 5.97. The van der Waals surface area contributed by atoms with Crippen molar-refractivity contribution in [3.63, 3.8) is 0 Å². The fourth-order valence-corrected chi connectivity index (χ4v) is 3.92. The molecule has 6 nitrogen and oxygen atoms in total. The molecule has 0 saturated heterocycles. The Balaban J connectivity index is 1.98. The average molecular weight is 437 g/mol. The van der Waals surface area contributed by atoms with Crippen LogP contribution in [-0.2, 0) is 14.8 Å². The molecule has 1 amide bonds. The summed E-state index contributed by atoms with van der Waals surface area (Å²) in [6, 6.07) is 12.1. The minimum Gasteiger partial charge on any atom is -0.489 e. The molecule has 0 aromatic heterocycles. The number of amides is 1. The van der Waals surface area contributed by atoms with Crippen LogP contribution in [0.3, 0.4) is 0 Å². The third-order valence-electron chi connectivity index (χ3n) is 4.09.